The molecule has 0 saturated carbocycles. The van der Waals surface area contributed by atoms with Crippen LogP contribution in [0.3, 0.4) is 0 Å². The van der Waals surface area contributed by atoms with Crippen LogP contribution < -0.4 is 0 Å². The molecule has 23 heavy (non-hydrogen) atoms. The Morgan fingerprint density at radius 2 is 1.04 bits per heavy atom. The van der Waals surface area contributed by atoms with E-state index in [4.69, 9.17) is 0 Å². The number of halogens is 2. The van der Waals surface area contributed by atoms with E-state index in [1.807, 2.05) is 74.5 Å². The molecule has 0 aromatic heterocycles. The fourth-order valence-corrected chi connectivity index (χ4v) is 11.0. The predicted octanol–water partition coefficient (Wildman–Crippen LogP) is 5.76. The third-order valence-corrected chi connectivity index (χ3v) is 25.4. The molecule has 2 aromatic carbocycles. The van der Waals surface area contributed by atoms with Crippen molar-refractivity contribution in [2.24, 2.45) is 0 Å². The molecule has 0 aliphatic carbocycles. The second kappa shape index (κ2) is 8.07. The summed E-state index contributed by atoms with van der Waals surface area (Å²) in [7, 11) is 0. The monoisotopic (exact) mass is 554 g/mol. The van der Waals surface area contributed by atoms with Crippen LogP contribution in [0.1, 0.15) is 34.6 Å². The Morgan fingerprint density at radius 1 is 0.739 bits per heavy atom. The molecule has 2 atom stereocenters. The second-order valence-electron chi connectivity index (χ2n) is 5.30. The van der Waals surface area contributed by atoms with Crippen molar-refractivity contribution < 1.29 is 9.59 Å². The van der Waals surface area contributed by atoms with Crippen LogP contribution in [0.4, 0.5) is 0 Å². The molecule has 0 heterocycles. The van der Waals surface area contributed by atoms with E-state index in [2.05, 4.69) is 25.5 Å². The number of carbonyl (C=O) groups is 2. The predicted molar refractivity (Wildman–Crippen MR) is 104 cm³/mol. The minimum atomic E-state index is -3.09. The number of ketones is 2. The third kappa shape index (κ3) is 4.33. The Hall–Kier alpha value is -0.470. The third-order valence-electron chi connectivity index (χ3n) is 3.80. The number of rotatable bonds is 6. The van der Waals surface area contributed by atoms with E-state index in [0.29, 0.717) is 11.1 Å². The Balaban J connectivity index is 2.22. The van der Waals surface area contributed by atoms with Crippen LogP contribution in [0, 0.1) is 0 Å². The summed E-state index contributed by atoms with van der Waals surface area (Å²) in [6, 6.07) is 18.5. The molecule has 2 unspecified atom stereocenters. The van der Waals surface area contributed by atoms with Crippen molar-refractivity contribution in [2.75, 3.05) is 0 Å². The first-order chi connectivity index (χ1) is 10.9. The van der Waals surface area contributed by atoms with Crippen LogP contribution in [0.25, 0.3) is 0 Å². The van der Waals surface area contributed by atoms with Crippen molar-refractivity contribution >= 4 is 50.8 Å². The fourth-order valence-electron chi connectivity index (χ4n) is 2.27. The van der Waals surface area contributed by atoms with Crippen molar-refractivity contribution in [3.8, 4) is 0 Å². The van der Waals surface area contributed by atoms with Gasteiger partial charge in [-0.1, -0.05) is 0 Å². The van der Waals surface area contributed by atoms with E-state index >= 15 is 0 Å². The van der Waals surface area contributed by atoms with Gasteiger partial charge in [-0.3, -0.25) is 0 Å². The zero-order chi connectivity index (χ0) is 17.0. The Morgan fingerprint density at radius 3 is 1.35 bits per heavy atom. The van der Waals surface area contributed by atoms with Crippen LogP contribution in [-0.2, 0) is 0 Å². The summed E-state index contributed by atoms with van der Waals surface area (Å²) >= 11 is 4.46. The van der Waals surface area contributed by atoms with Gasteiger partial charge in [0.05, 0.1) is 0 Å². The summed E-state index contributed by atoms with van der Waals surface area (Å²) in [4.78, 5) is 25.5. The summed E-state index contributed by atoms with van der Waals surface area (Å²) in [5.41, 5.74) is 1.38. The molecular weight excluding hydrogens is 536 g/mol. The molecule has 0 bridgehead atoms. The van der Waals surface area contributed by atoms with E-state index in [1.54, 1.807) is 0 Å². The molecule has 122 valence electrons. The van der Waals surface area contributed by atoms with Crippen molar-refractivity contribution in [1.82, 2.24) is 0 Å². The summed E-state index contributed by atoms with van der Waals surface area (Å²) < 4.78 is -0.439. The molecule has 2 nitrogen and oxygen atoms in total. The zero-order valence-corrected chi connectivity index (χ0v) is 18.4. The molecule has 5 heteroatoms. The van der Waals surface area contributed by atoms with Crippen LogP contribution in [0.15, 0.2) is 60.7 Å². The molecule has 0 aliphatic rings. The van der Waals surface area contributed by atoms with E-state index in [9.17, 15) is 9.59 Å². The van der Waals surface area contributed by atoms with Gasteiger partial charge in [-0.25, -0.2) is 0 Å². The molecule has 0 spiro atoms. The summed E-state index contributed by atoms with van der Waals surface area (Å²) in [6.45, 7) is 3.82. The summed E-state index contributed by atoms with van der Waals surface area (Å²) in [6.07, 6.45) is 0. The van der Waals surface area contributed by atoms with Gasteiger partial charge in [-0.15, -0.1) is 0 Å². The average Bonchev–Trinajstić information content (AvgIpc) is 2.60. The van der Waals surface area contributed by atoms with Crippen molar-refractivity contribution in [1.29, 1.82) is 0 Å². The summed E-state index contributed by atoms with van der Waals surface area (Å²) in [5, 5.41) is 0. The standard InChI is InChI=1S/C18H18Br2O2Te/c1-13(17(21)15-9-5-3-6-10-15)23(19,20)14(2)18(22)16-11-7-4-8-12-16/h3-14H,1-2H3. The molecular formula is C18H18Br2O2Te. The Labute approximate surface area is 153 Å². The number of benzene rings is 2. The first-order valence-corrected chi connectivity index (χ1v) is 20.4. The van der Waals surface area contributed by atoms with Crippen molar-refractivity contribution in [2.45, 2.75) is 21.8 Å². The van der Waals surface area contributed by atoms with Crippen LogP contribution >= 0.6 is 25.5 Å². The first-order valence-electron chi connectivity index (χ1n) is 7.24. The van der Waals surface area contributed by atoms with E-state index in [0.717, 1.165) is 0 Å². The Kier molecular flexibility index (Phi) is 6.62. The van der Waals surface area contributed by atoms with Crippen LogP contribution in [0.5, 0.6) is 0 Å². The van der Waals surface area contributed by atoms with E-state index in [-0.39, 0.29) is 19.5 Å². The molecule has 0 fully saturated rings. The molecule has 0 amide bonds. The van der Waals surface area contributed by atoms with Gasteiger partial charge in [0, 0.05) is 0 Å². The van der Waals surface area contributed by atoms with Gasteiger partial charge in [0.25, 0.3) is 0 Å². The van der Waals surface area contributed by atoms with Crippen molar-refractivity contribution in [3.63, 3.8) is 0 Å². The fraction of sp³-hybridized carbons (Fsp3) is 0.222. The number of hydrogen-bond acceptors (Lipinski definition) is 2. The van der Waals surface area contributed by atoms with Crippen LogP contribution in [0.2, 0.25) is 7.93 Å². The number of carbonyl (C=O) groups excluding carboxylic acids is 2. The van der Waals surface area contributed by atoms with Gasteiger partial charge in [-0.05, 0) is 0 Å². The quantitative estimate of drug-likeness (QED) is 0.337. The second-order valence-corrected chi connectivity index (χ2v) is 32.7. The maximum absolute atomic E-state index is 12.7. The number of Topliss-reactive ketones (excluding diaryl/α,β-unsaturated/α-hetero) is 2. The molecule has 0 aliphatic heterocycles. The van der Waals surface area contributed by atoms with E-state index in [1.165, 1.54) is 0 Å². The number of hydrogen-bond donors (Lipinski definition) is 0. The normalized spacial score (nSPS) is 14.8. The molecule has 2 rings (SSSR count). The molecule has 0 radical (unpaired) electrons. The van der Waals surface area contributed by atoms with Gasteiger partial charge in [0.2, 0.25) is 0 Å². The molecule has 0 N–H and O–H groups in total. The minimum absolute atomic E-state index is 0.0771. The topological polar surface area (TPSA) is 34.1 Å². The Bertz CT molecular complexity index is 627. The van der Waals surface area contributed by atoms with E-state index < -0.39 is 13.8 Å². The SMILES string of the molecule is CC(C(=O)c1ccccc1)[Te](Br)(Br)C(C)C(=O)c1ccccc1. The molecule has 0 saturated heterocycles. The zero-order valence-electron chi connectivity index (χ0n) is 12.9. The first kappa shape index (κ1) is 18.9. The van der Waals surface area contributed by atoms with Gasteiger partial charge < -0.3 is 0 Å². The average molecular weight is 554 g/mol. The van der Waals surface area contributed by atoms with Gasteiger partial charge in [-0.2, -0.15) is 0 Å². The van der Waals surface area contributed by atoms with Crippen LogP contribution in [-0.4, -0.2) is 25.3 Å². The van der Waals surface area contributed by atoms with Gasteiger partial charge in [0.1, 0.15) is 0 Å². The maximum atomic E-state index is 12.7. The van der Waals surface area contributed by atoms with Crippen molar-refractivity contribution in [3.05, 3.63) is 71.8 Å². The summed E-state index contributed by atoms with van der Waals surface area (Å²) in [5.74, 6) is 0.154. The van der Waals surface area contributed by atoms with Gasteiger partial charge in [0.15, 0.2) is 0 Å². The molecule has 2 aromatic rings. The van der Waals surface area contributed by atoms with Gasteiger partial charge >= 0.3 is 154 Å².